The Bertz CT molecular complexity index is 1830. The van der Waals surface area contributed by atoms with Crippen molar-refractivity contribution >= 4 is 59.6 Å². The highest BCUT2D eigenvalue weighted by Crippen LogP contribution is 2.47. The van der Waals surface area contributed by atoms with Gasteiger partial charge in [-0.15, -0.1) is 11.3 Å². The molecule has 0 saturated heterocycles. The van der Waals surface area contributed by atoms with Crippen molar-refractivity contribution in [2.75, 3.05) is 0 Å². The zero-order chi connectivity index (χ0) is 24.3. The number of hydrogen-bond acceptors (Lipinski definition) is 2. The van der Waals surface area contributed by atoms with Gasteiger partial charge in [-0.1, -0.05) is 107 Å². The molecule has 0 aliphatic heterocycles. The molecule has 36 heavy (non-hydrogen) atoms. The van der Waals surface area contributed by atoms with Crippen molar-refractivity contribution in [1.82, 2.24) is 0 Å². The highest BCUT2D eigenvalue weighted by molar-refractivity contribution is 9.10. The molecular formula is C33H21BrOS. The molecule has 1 aliphatic carbocycles. The summed E-state index contributed by atoms with van der Waals surface area (Å²) < 4.78 is 3.55. The molecule has 3 heteroatoms. The Morgan fingerprint density at radius 3 is 2.19 bits per heavy atom. The predicted molar refractivity (Wildman–Crippen MR) is 156 cm³/mol. The zero-order valence-corrected chi connectivity index (χ0v) is 21.7. The van der Waals surface area contributed by atoms with Gasteiger partial charge in [0.25, 0.3) is 0 Å². The van der Waals surface area contributed by atoms with E-state index in [2.05, 4.69) is 101 Å². The quantitative estimate of drug-likeness (QED) is 0.230. The van der Waals surface area contributed by atoms with Crippen LogP contribution >= 0.6 is 27.3 Å². The molecule has 0 spiro atoms. The van der Waals surface area contributed by atoms with Crippen molar-refractivity contribution in [3.8, 4) is 11.1 Å². The lowest BCUT2D eigenvalue weighted by atomic mass is 9.75. The zero-order valence-electron chi connectivity index (χ0n) is 19.3. The Hall–Kier alpha value is -3.50. The van der Waals surface area contributed by atoms with Crippen LogP contribution in [0.25, 0.3) is 43.5 Å². The molecule has 1 heterocycles. The van der Waals surface area contributed by atoms with Crippen LogP contribution in [0.2, 0.25) is 0 Å². The van der Waals surface area contributed by atoms with Crippen molar-refractivity contribution in [1.29, 1.82) is 0 Å². The fourth-order valence-electron chi connectivity index (χ4n) is 5.53. The van der Waals surface area contributed by atoms with Crippen LogP contribution in [0.15, 0.2) is 114 Å². The van der Waals surface area contributed by atoms with Gasteiger partial charge in [0.15, 0.2) is 0 Å². The van der Waals surface area contributed by atoms with Crippen LogP contribution in [0.3, 0.4) is 0 Å². The number of fused-ring (bicyclic) bond motifs is 5. The average molecular weight is 546 g/mol. The average Bonchev–Trinajstić information content (AvgIpc) is 3.24. The first-order valence-corrected chi connectivity index (χ1v) is 13.5. The van der Waals surface area contributed by atoms with Crippen LogP contribution in [0, 0.1) is 0 Å². The van der Waals surface area contributed by atoms with E-state index in [9.17, 15) is 5.11 Å². The van der Waals surface area contributed by atoms with Gasteiger partial charge in [-0.05, 0) is 63.7 Å². The van der Waals surface area contributed by atoms with E-state index < -0.39 is 5.60 Å². The molecule has 5 aromatic carbocycles. The maximum Gasteiger partial charge on any atom is 0.142 e. The molecule has 0 bridgehead atoms. The molecule has 6 aromatic rings. The lowest BCUT2D eigenvalue weighted by Crippen LogP contribution is -2.31. The van der Waals surface area contributed by atoms with Gasteiger partial charge in [0.05, 0.1) is 0 Å². The van der Waals surface area contributed by atoms with E-state index in [-0.39, 0.29) is 0 Å². The van der Waals surface area contributed by atoms with E-state index in [0.717, 1.165) is 43.4 Å². The van der Waals surface area contributed by atoms with E-state index in [1.807, 2.05) is 47.7 Å². The molecule has 0 radical (unpaired) electrons. The Morgan fingerprint density at radius 1 is 0.583 bits per heavy atom. The Kier molecular flexibility index (Phi) is 5.00. The number of aliphatic hydroxyl groups is 1. The second-order valence-corrected chi connectivity index (χ2v) is 11.2. The minimum absolute atomic E-state index is 0.876. The molecule has 7 rings (SSSR count). The third-order valence-corrected chi connectivity index (χ3v) is 8.85. The predicted octanol–water partition coefficient (Wildman–Crippen LogP) is 9.25. The van der Waals surface area contributed by atoms with Crippen molar-refractivity contribution in [3.63, 3.8) is 0 Å². The van der Waals surface area contributed by atoms with Gasteiger partial charge in [-0.25, -0.2) is 0 Å². The summed E-state index contributed by atoms with van der Waals surface area (Å²) in [5.74, 6) is 0. The first-order valence-electron chi connectivity index (χ1n) is 11.9. The Balaban J connectivity index is 1.53. The third-order valence-electron chi connectivity index (χ3n) is 7.20. The maximum absolute atomic E-state index is 12.9. The molecule has 0 saturated carbocycles. The standard InChI is InChI=1S/C33H21BrOS/c34-24-16-17-29-23(19-24)14-13-21-7-1-4-10-28(21)33(29,35)30-11-5-2-8-25(30)22-15-18-32-27(20-22)26-9-3-6-12-31(26)36-32/h1-20,35H. The molecule has 1 atom stereocenters. The summed E-state index contributed by atoms with van der Waals surface area (Å²) in [6, 6.07) is 37.8. The van der Waals surface area contributed by atoms with Gasteiger partial charge in [-0.3, -0.25) is 0 Å². The monoisotopic (exact) mass is 544 g/mol. The summed E-state index contributed by atoms with van der Waals surface area (Å²) in [5, 5.41) is 15.4. The molecule has 1 N–H and O–H groups in total. The normalized spacial score (nSPS) is 16.6. The number of benzene rings is 5. The van der Waals surface area contributed by atoms with E-state index >= 15 is 0 Å². The van der Waals surface area contributed by atoms with Crippen LogP contribution in [-0.4, -0.2) is 5.11 Å². The van der Waals surface area contributed by atoms with Crippen LogP contribution in [0.5, 0.6) is 0 Å². The van der Waals surface area contributed by atoms with E-state index in [1.165, 1.54) is 20.2 Å². The fourth-order valence-corrected chi connectivity index (χ4v) is 7.00. The lowest BCUT2D eigenvalue weighted by molar-refractivity contribution is 0.126. The highest BCUT2D eigenvalue weighted by atomic mass is 79.9. The molecule has 1 nitrogen and oxygen atoms in total. The van der Waals surface area contributed by atoms with Crippen molar-refractivity contribution in [2.45, 2.75) is 5.60 Å². The minimum Gasteiger partial charge on any atom is -0.376 e. The first kappa shape index (κ1) is 21.8. The van der Waals surface area contributed by atoms with Crippen LogP contribution in [0.1, 0.15) is 27.8 Å². The second kappa shape index (κ2) is 8.28. The number of halogens is 1. The van der Waals surface area contributed by atoms with Gasteiger partial charge < -0.3 is 5.11 Å². The SMILES string of the molecule is OC1(c2ccccc2-c2ccc3sc4ccccc4c3c2)c2ccccc2C=Cc2cc(Br)ccc21. The molecule has 1 aliphatic rings. The molecule has 0 amide bonds. The summed E-state index contributed by atoms with van der Waals surface area (Å²) in [6.45, 7) is 0. The Morgan fingerprint density at radius 2 is 1.28 bits per heavy atom. The summed E-state index contributed by atoms with van der Waals surface area (Å²) >= 11 is 5.44. The summed E-state index contributed by atoms with van der Waals surface area (Å²) in [7, 11) is 0. The van der Waals surface area contributed by atoms with E-state index in [0.29, 0.717) is 0 Å². The van der Waals surface area contributed by atoms with Gasteiger partial charge in [0.2, 0.25) is 0 Å². The van der Waals surface area contributed by atoms with Crippen LogP contribution < -0.4 is 0 Å². The fraction of sp³-hybridized carbons (Fsp3) is 0.0303. The summed E-state index contributed by atoms with van der Waals surface area (Å²) in [5.41, 5.74) is 5.46. The van der Waals surface area contributed by atoms with E-state index in [4.69, 9.17) is 0 Å². The molecule has 1 aromatic heterocycles. The molecular weight excluding hydrogens is 524 g/mol. The topological polar surface area (TPSA) is 20.2 Å². The lowest BCUT2D eigenvalue weighted by Gasteiger charge is -2.33. The summed E-state index contributed by atoms with van der Waals surface area (Å²) in [4.78, 5) is 0. The second-order valence-electron chi connectivity index (χ2n) is 9.22. The maximum atomic E-state index is 12.9. The van der Waals surface area contributed by atoms with Gasteiger partial charge in [-0.2, -0.15) is 0 Å². The number of rotatable bonds is 2. The van der Waals surface area contributed by atoms with E-state index in [1.54, 1.807) is 0 Å². The number of thiophene rings is 1. The van der Waals surface area contributed by atoms with Crippen molar-refractivity contribution < 1.29 is 5.11 Å². The van der Waals surface area contributed by atoms with Gasteiger partial charge >= 0.3 is 0 Å². The van der Waals surface area contributed by atoms with Gasteiger partial charge in [0.1, 0.15) is 5.60 Å². The first-order chi connectivity index (χ1) is 17.6. The van der Waals surface area contributed by atoms with Crippen molar-refractivity contribution in [3.05, 3.63) is 141 Å². The molecule has 1 unspecified atom stereocenters. The largest absolute Gasteiger partial charge is 0.376 e. The molecule has 0 fully saturated rings. The highest BCUT2D eigenvalue weighted by Gasteiger charge is 2.39. The van der Waals surface area contributed by atoms with Crippen molar-refractivity contribution in [2.24, 2.45) is 0 Å². The third kappa shape index (κ3) is 3.24. The smallest absolute Gasteiger partial charge is 0.142 e. The minimum atomic E-state index is -1.32. The summed E-state index contributed by atoms with van der Waals surface area (Å²) in [6.07, 6.45) is 4.20. The van der Waals surface area contributed by atoms with Crippen LogP contribution in [-0.2, 0) is 5.60 Å². The van der Waals surface area contributed by atoms with Crippen LogP contribution in [0.4, 0.5) is 0 Å². The molecule has 172 valence electrons. The number of hydrogen-bond donors (Lipinski definition) is 1. The Labute approximate surface area is 222 Å². The van der Waals surface area contributed by atoms with Gasteiger partial charge in [0, 0.05) is 30.2 Å².